The van der Waals surface area contributed by atoms with Crippen LogP contribution in [0.15, 0.2) is 0 Å². The van der Waals surface area contributed by atoms with E-state index in [2.05, 4.69) is 5.32 Å². The number of carbonyl (C=O) groups is 1. The quantitative estimate of drug-likeness (QED) is 0.684. The average Bonchev–Trinajstić information content (AvgIpc) is 2.63. The predicted molar refractivity (Wildman–Crippen MR) is 55.1 cm³/mol. The van der Waals surface area contributed by atoms with Crippen molar-refractivity contribution in [1.29, 1.82) is 0 Å². The molecule has 0 saturated carbocycles. The highest BCUT2D eigenvalue weighted by atomic mass is 16.5. The summed E-state index contributed by atoms with van der Waals surface area (Å²) in [6.45, 7) is 5.84. The second kappa shape index (κ2) is 5.98. The Bertz CT molecular complexity index is 185. The van der Waals surface area contributed by atoms with Gasteiger partial charge in [-0.15, -0.1) is 0 Å². The topological polar surface area (TPSA) is 41.6 Å². The SMILES string of the molecule is CCNCC(=O)N1CCC(COC)C1. The molecule has 4 heteroatoms. The molecule has 0 aromatic heterocycles. The van der Waals surface area contributed by atoms with Crippen molar-refractivity contribution >= 4 is 5.91 Å². The highest BCUT2D eigenvalue weighted by molar-refractivity contribution is 5.78. The maximum absolute atomic E-state index is 11.6. The molecule has 1 unspecified atom stereocenters. The van der Waals surface area contributed by atoms with Crippen LogP contribution in [-0.4, -0.2) is 50.7 Å². The third kappa shape index (κ3) is 3.27. The molecule has 1 aliphatic rings. The first-order chi connectivity index (χ1) is 6.77. The van der Waals surface area contributed by atoms with E-state index in [0.29, 0.717) is 12.5 Å². The van der Waals surface area contributed by atoms with Gasteiger partial charge in [0.2, 0.25) is 5.91 Å². The van der Waals surface area contributed by atoms with Crippen molar-refractivity contribution in [3.05, 3.63) is 0 Å². The Labute approximate surface area is 85.6 Å². The number of methoxy groups -OCH3 is 1. The molecule has 82 valence electrons. The van der Waals surface area contributed by atoms with Crippen LogP contribution in [0, 0.1) is 5.92 Å². The Morgan fingerprint density at radius 1 is 1.64 bits per heavy atom. The van der Waals surface area contributed by atoms with Crippen molar-refractivity contribution in [3.8, 4) is 0 Å². The minimum absolute atomic E-state index is 0.213. The molecule has 1 atom stereocenters. The largest absolute Gasteiger partial charge is 0.384 e. The minimum atomic E-state index is 0.213. The molecular formula is C10H20N2O2. The van der Waals surface area contributed by atoms with E-state index in [1.165, 1.54) is 0 Å². The van der Waals surface area contributed by atoms with Gasteiger partial charge >= 0.3 is 0 Å². The molecule has 0 bridgehead atoms. The molecule has 0 spiro atoms. The Hall–Kier alpha value is -0.610. The van der Waals surface area contributed by atoms with E-state index >= 15 is 0 Å². The molecule has 14 heavy (non-hydrogen) atoms. The van der Waals surface area contributed by atoms with Crippen molar-refractivity contribution in [3.63, 3.8) is 0 Å². The van der Waals surface area contributed by atoms with Gasteiger partial charge in [-0.3, -0.25) is 4.79 Å². The van der Waals surface area contributed by atoms with Crippen molar-refractivity contribution < 1.29 is 9.53 Å². The lowest BCUT2D eigenvalue weighted by molar-refractivity contribution is -0.129. The Balaban J connectivity index is 2.23. The predicted octanol–water partition coefficient (Wildman–Crippen LogP) is 0.0908. The number of amides is 1. The molecule has 1 N–H and O–H groups in total. The van der Waals surface area contributed by atoms with Gasteiger partial charge in [0.25, 0.3) is 0 Å². The van der Waals surface area contributed by atoms with Crippen molar-refractivity contribution in [1.82, 2.24) is 10.2 Å². The fourth-order valence-corrected chi connectivity index (χ4v) is 1.77. The van der Waals surface area contributed by atoms with E-state index in [1.54, 1.807) is 7.11 Å². The van der Waals surface area contributed by atoms with E-state index in [-0.39, 0.29) is 5.91 Å². The van der Waals surface area contributed by atoms with Crippen LogP contribution >= 0.6 is 0 Å². The Morgan fingerprint density at radius 3 is 3.07 bits per heavy atom. The number of likely N-dealkylation sites (tertiary alicyclic amines) is 1. The first kappa shape index (κ1) is 11.5. The normalized spacial score (nSPS) is 21.6. The minimum Gasteiger partial charge on any atom is -0.384 e. The van der Waals surface area contributed by atoms with Gasteiger partial charge in [-0.05, 0) is 13.0 Å². The van der Waals surface area contributed by atoms with Gasteiger partial charge in [0.05, 0.1) is 13.2 Å². The molecule has 1 saturated heterocycles. The standard InChI is InChI=1S/C10H20N2O2/c1-3-11-6-10(13)12-5-4-9(7-12)8-14-2/h9,11H,3-8H2,1-2H3. The Morgan fingerprint density at radius 2 is 2.43 bits per heavy atom. The van der Waals surface area contributed by atoms with E-state index in [4.69, 9.17) is 4.74 Å². The fraction of sp³-hybridized carbons (Fsp3) is 0.900. The number of hydrogen-bond donors (Lipinski definition) is 1. The van der Waals surface area contributed by atoms with Gasteiger partial charge in [-0.25, -0.2) is 0 Å². The lowest BCUT2D eigenvalue weighted by atomic mass is 10.1. The second-order valence-corrected chi connectivity index (χ2v) is 3.73. The number of likely N-dealkylation sites (N-methyl/N-ethyl adjacent to an activating group) is 1. The van der Waals surface area contributed by atoms with Gasteiger partial charge in [-0.2, -0.15) is 0 Å². The number of rotatable bonds is 5. The third-order valence-corrected chi connectivity index (χ3v) is 2.57. The molecule has 1 heterocycles. The molecule has 0 radical (unpaired) electrons. The zero-order valence-electron chi connectivity index (χ0n) is 9.08. The molecule has 4 nitrogen and oxygen atoms in total. The van der Waals surface area contributed by atoms with Gasteiger partial charge in [-0.1, -0.05) is 6.92 Å². The fourth-order valence-electron chi connectivity index (χ4n) is 1.77. The number of nitrogens with one attached hydrogen (secondary N) is 1. The highest BCUT2D eigenvalue weighted by Gasteiger charge is 2.25. The van der Waals surface area contributed by atoms with Gasteiger partial charge < -0.3 is 15.0 Å². The lowest BCUT2D eigenvalue weighted by Crippen LogP contribution is -2.36. The summed E-state index contributed by atoms with van der Waals surface area (Å²) in [5.74, 6) is 0.746. The van der Waals surface area contributed by atoms with Crippen LogP contribution in [0.3, 0.4) is 0 Å². The van der Waals surface area contributed by atoms with Gasteiger partial charge in [0.15, 0.2) is 0 Å². The molecule has 1 aliphatic heterocycles. The summed E-state index contributed by atoms with van der Waals surface area (Å²) in [4.78, 5) is 13.5. The van der Waals surface area contributed by atoms with E-state index in [0.717, 1.165) is 32.7 Å². The van der Waals surface area contributed by atoms with Crippen LogP contribution in [0.2, 0.25) is 0 Å². The van der Waals surface area contributed by atoms with E-state index in [9.17, 15) is 4.79 Å². The molecule has 1 fully saturated rings. The maximum Gasteiger partial charge on any atom is 0.236 e. The van der Waals surface area contributed by atoms with Gasteiger partial charge in [0.1, 0.15) is 0 Å². The van der Waals surface area contributed by atoms with Crippen molar-refractivity contribution in [2.24, 2.45) is 5.92 Å². The zero-order chi connectivity index (χ0) is 10.4. The first-order valence-corrected chi connectivity index (χ1v) is 5.25. The maximum atomic E-state index is 11.6. The van der Waals surface area contributed by atoms with E-state index < -0.39 is 0 Å². The molecule has 0 aromatic rings. The smallest absolute Gasteiger partial charge is 0.236 e. The number of ether oxygens (including phenoxy) is 1. The highest BCUT2D eigenvalue weighted by Crippen LogP contribution is 2.15. The van der Waals surface area contributed by atoms with Crippen LogP contribution in [0.25, 0.3) is 0 Å². The number of carbonyl (C=O) groups excluding carboxylic acids is 1. The van der Waals surface area contributed by atoms with Crippen molar-refractivity contribution in [2.75, 3.05) is 39.9 Å². The zero-order valence-corrected chi connectivity index (χ0v) is 9.08. The molecule has 1 rings (SSSR count). The molecular weight excluding hydrogens is 180 g/mol. The first-order valence-electron chi connectivity index (χ1n) is 5.25. The summed E-state index contributed by atoms with van der Waals surface area (Å²) >= 11 is 0. The summed E-state index contributed by atoms with van der Waals surface area (Å²) in [5, 5.41) is 3.05. The molecule has 0 aromatic carbocycles. The van der Waals surface area contributed by atoms with Crippen LogP contribution < -0.4 is 5.32 Å². The third-order valence-electron chi connectivity index (χ3n) is 2.57. The number of hydrogen-bond acceptors (Lipinski definition) is 3. The second-order valence-electron chi connectivity index (χ2n) is 3.73. The molecule has 0 aliphatic carbocycles. The summed E-state index contributed by atoms with van der Waals surface area (Å²) in [5.41, 5.74) is 0. The van der Waals surface area contributed by atoms with Gasteiger partial charge in [0, 0.05) is 26.1 Å². The molecule has 1 amide bonds. The van der Waals surface area contributed by atoms with Crippen LogP contribution in [0.4, 0.5) is 0 Å². The van der Waals surface area contributed by atoms with E-state index in [1.807, 2.05) is 11.8 Å². The van der Waals surface area contributed by atoms with Crippen LogP contribution in [-0.2, 0) is 9.53 Å². The number of nitrogens with zero attached hydrogens (tertiary/aromatic N) is 1. The van der Waals surface area contributed by atoms with Crippen LogP contribution in [0.1, 0.15) is 13.3 Å². The monoisotopic (exact) mass is 200 g/mol. The van der Waals surface area contributed by atoms with Crippen LogP contribution in [0.5, 0.6) is 0 Å². The lowest BCUT2D eigenvalue weighted by Gasteiger charge is -2.16. The summed E-state index contributed by atoms with van der Waals surface area (Å²) in [6, 6.07) is 0. The van der Waals surface area contributed by atoms with Crippen molar-refractivity contribution in [2.45, 2.75) is 13.3 Å². The summed E-state index contributed by atoms with van der Waals surface area (Å²) in [7, 11) is 1.71. The average molecular weight is 200 g/mol. The Kier molecular flexibility index (Phi) is 4.90. The summed E-state index contributed by atoms with van der Waals surface area (Å²) in [6.07, 6.45) is 1.08. The summed E-state index contributed by atoms with van der Waals surface area (Å²) < 4.78 is 5.08.